The fraction of sp³-hybridized carbons (Fsp3) is 0.333. The predicted molar refractivity (Wildman–Crippen MR) is 71.0 cm³/mol. The zero-order chi connectivity index (χ0) is 14.0. The maximum Gasteiger partial charge on any atom is 0.224 e. The van der Waals surface area contributed by atoms with Gasteiger partial charge in [0.2, 0.25) is 5.95 Å². The largest absolute Gasteiger partial charge is 0.504 e. The zero-order valence-corrected chi connectivity index (χ0v) is 10.8. The first-order valence-corrected chi connectivity index (χ1v) is 5.86. The van der Waals surface area contributed by atoms with E-state index in [9.17, 15) is 10.2 Å². The number of rotatable bonds is 4. The van der Waals surface area contributed by atoms with Crippen LogP contribution in [0, 0.1) is 0 Å². The molecule has 0 radical (unpaired) electrons. The summed E-state index contributed by atoms with van der Waals surface area (Å²) in [6.45, 7) is 0. The van der Waals surface area contributed by atoms with E-state index in [1.54, 1.807) is 17.7 Å². The number of phenolic OH excluding ortho intramolecular Hbond substituents is 2. The number of aromatic nitrogens is 3. The van der Waals surface area contributed by atoms with Crippen molar-refractivity contribution >= 4 is 5.95 Å². The second-order valence-electron chi connectivity index (χ2n) is 4.32. The van der Waals surface area contributed by atoms with Crippen molar-refractivity contribution in [3.63, 3.8) is 0 Å². The van der Waals surface area contributed by atoms with Gasteiger partial charge in [0.15, 0.2) is 17.3 Å². The summed E-state index contributed by atoms with van der Waals surface area (Å²) >= 11 is 0. The van der Waals surface area contributed by atoms with Crippen LogP contribution in [-0.4, -0.2) is 32.0 Å². The third-order valence-corrected chi connectivity index (χ3v) is 2.96. The molecule has 0 aliphatic carbocycles. The number of aromatic hydroxyl groups is 2. The van der Waals surface area contributed by atoms with Crippen LogP contribution in [0.25, 0.3) is 0 Å². The number of nitrogens with one attached hydrogen (secondary N) is 1. The molecule has 1 aromatic heterocycles. The number of hydrogen-bond donors (Lipinski definition) is 4. The number of anilines is 1. The minimum Gasteiger partial charge on any atom is -0.504 e. The van der Waals surface area contributed by atoms with Crippen molar-refractivity contribution in [3.8, 4) is 11.5 Å². The van der Waals surface area contributed by atoms with E-state index in [-0.39, 0.29) is 17.5 Å². The van der Waals surface area contributed by atoms with Crippen LogP contribution in [0.1, 0.15) is 17.4 Å². The van der Waals surface area contributed by atoms with Crippen molar-refractivity contribution in [3.05, 3.63) is 29.6 Å². The normalized spacial score (nSPS) is 12.4. The Morgan fingerprint density at radius 3 is 2.63 bits per heavy atom. The number of phenols is 2. The average molecular weight is 263 g/mol. The monoisotopic (exact) mass is 263 g/mol. The van der Waals surface area contributed by atoms with Crippen LogP contribution in [0.15, 0.2) is 18.2 Å². The van der Waals surface area contributed by atoms with Crippen molar-refractivity contribution < 1.29 is 10.2 Å². The second-order valence-corrected chi connectivity index (χ2v) is 4.32. The summed E-state index contributed by atoms with van der Waals surface area (Å²) in [7, 11) is 3.59. The van der Waals surface area contributed by atoms with E-state index >= 15 is 0 Å². The molecular formula is C12H17N5O2. The third-order valence-electron chi connectivity index (χ3n) is 2.96. The van der Waals surface area contributed by atoms with E-state index < -0.39 is 0 Å². The number of nitrogens with zero attached hydrogens (tertiary/aromatic N) is 3. The van der Waals surface area contributed by atoms with Gasteiger partial charge in [0.05, 0.1) is 6.04 Å². The molecule has 1 unspecified atom stereocenters. The van der Waals surface area contributed by atoms with Crippen LogP contribution >= 0.6 is 0 Å². The summed E-state index contributed by atoms with van der Waals surface area (Å²) in [5.74, 6) is 0.989. The molecule has 2 aromatic rings. The molecule has 102 valence electrons. The van der Waals surface area contributed by atoms with Gasteiger partial charge in [-0.1, -0.05) is 6.07 Å². The van der Waals surface area contributed by atoms with Crippen molar-refractivity contribution in [2.75, 3.05) is 12.4 Å². The molecule has 0 aliphatic heterocycles. The van der Waals surface area contributed by atoms with Gasteiger partial charge >= 0.3 is 0 Å². The number of nitrogens with two attached hydrogens (primary N) is 1. The van der Waals surface area contributed by atoms with Crippen LogP contribution in [0.4, 0.5) is 5.95 Å². The fourth-order valence-corrected chi connectivity index (χ4v) is 1.92. The first-order chi connectivity index (χ1) is 9.02. The lowest BCUT2D eigenvalue weighted by Crippen LogP contribution is -2.18. The first kappa shape index (κ1) is 13.2. The lowest BCUT2D eigenvalue weighted by Gasteiger charge is -2.12. The summed E-state index contributed by atoms with van der Waals surface area (Å²) < 4.78 is 1.78. The van der Waals surface area contributed by atoms with Crippen LogP contribution in [-0.2, 0) is 13.5 Å². The number of hydrogen-bond acceptors (Lipinski definition) is 6. The Balaban J connectivity index is 2.18. The van der Waals surface area contributed by atoms with Crippen molar-refractivity contribution in [2.24, 2.45) is 12.8 Å². The quantitative estimate of drug-likeness (QED) is 0.598. The van der Waals surface area contributed by atoms with Crippen LogP contribution in [0.3, 0.4) is 0 Å². The molecule has 0 bridgehead atoms. The molecule has 7 heteroatoms. The highest BCUT2D eigenvalue weighted by molar-refractivity contribution is 5.41. The molecule has 1 atom stereocenters. The van der Waals surface area contributed by atoms with E-state index in [0.29, 0.717) is 18.2 Å². The third kappa shape index (κ3) is 2.60. The number of benzene rings is 1. The lowest BCUT2D eigenvalue weighted by atomic mass is 10.1. The highest BCUT2D eigenvalue weighted by Crippen LogP contribution is 2.26. The molecule has 0 saturated heterocycles. The summed E-state index contributed by atoms with van der Waals surface area (Å²) in [5, 5.41) is 29.6. The molecule has 0 amide bonds. The van der Waals surface area contributed by atoms with E-state index in [1.807, 2.05) is 7.05 Å². The van der Waals surface area contributed by atoms with Gasteiger partial charge < -0.3 is 21.3 Å². The molecule has 19 heavy (non-hydrogen) atoms. The summed E-state index contributed by atoms with van der Waals surface area (Å²) in [6, 6.07) is 4.30. The van der Waals surface area contributed by atoms with E-state index in [2.05, 4.69) is 15.5 Å². The van der Waals surface area contributed by atoms with E-state index in [0.717, 1.165) is 5.56 Å². The smallest absolute Gasteiger partial charge is 0.224 e. The molecular weight excluding hydrogens is 246 g/mol. The van der Waals surface area contributed by atoms with Crippen molar-refractivity contribution in [1.82, 2.24) is 14.8 Å². The zero-order valence-electron chi connectivity index (χ0n) is 10.8. The summed E-state index contributed by atoms with van der Waals surface area (Å²) in [4.78, 5) is 0. The molecule has 2 rings (SSSR count). The Morgan fingerprint density at radius 2 is 2.05 bits per heavy atom. The van der Waals surface area contributed by atoms with Crippen molar-refractivity contribution in [1.29, 1.82) is 0 Å². The Bertz CT molecular complexity index is 581. The Kier molecular flexibility index (Phi) is 3.57. The Hall–Kier alpha value is -2.28. The Morgan fingerprint density at radius 1 is 1.32 bits per heavy atom. The summed E-state index contributed by atoms with van der Waals surface area (Å²) in [6.07, 6.45) is 0.490. The van der Waals surface area contributed by atoms with Crippen LogP contribution in [0.5, 0.6) is 11.5 Å². The van der Waals surface area contributed by atoms with Crippen LogP contribution in [0.2, 0.25) is 0 Å². The molecule has 0 saturated carbocycles. The molecule has 1 heterocycles. The van der Waals surface area contributed by atoms with Crippen LogP contribution < -0.4 is 11.1 Å². The van der Waals surface area contributed by atoms with Gasteiger partial charge in [-0.25, -0.2) is 0 Å². The predicted octanol–water partition coefficient (Wildman–Crippen LogP) is 0.510. The SMILES string of the molecule is CNc1nnc(C(N)Cc2ccc(O)c(O)c2)n1C. The highest BCUT2D eigenvalue weighted by atomic mass is 16.3. The molecule has 0 spiro atoms. The summed E-state index contributed by atoms with van der Waals surface area (Å²) in [5.41, 5.74) is 6.91. The molecule has 0 aliphatic rings. The minimum absolute atomic E-state index is 0.145. The van der Waals surface area contributed by atoms with Crippen molar-refractivity contribution in [2.45, 2.75) is 12.5 Å². The van der Waals surface area contributed by atoms with E-state index in [1.165, 1.54) is 12.1 Å². The van der Waals surface area contributed by atoms with Gasteiger partial charge in [0.1, 0.15) is 0 Å². The lowest BCUT2D eigenvalue weighted by molar-refractivity contribution is 0.403. The second kappa shape index (κ2) is 5.15. The van der Waals surface area contributed by atoms with Gasteiger partial charge in [0, 0.05) is 14.1 Å². The minimum atomic E-state index is -0.344. The Labute approximate surface area is 110 Å². The maximum atomic E-state index is 9.45. The highest BCUT2D eigenvalue weighted by Gasteiger charge is 2.16. The molecule has 1 aromatic carbocycles. The van der Waals surface area contributed by atoms with E-state index in [4.69, 9.17) is 5.73 Å². The van der Waals surface area contributed by atoms with Gasteiger partial charge in [0.25, 0.3) is 0 Å². The van der Waals surface area contributed by atoms with Gasteiger partial charge in [-0.2, -0.15) is 0 Å². The molecule has 7 nitrogen and oxygen atoms in total. The van der Waals surface area contributed by atoms with Gasteiger partial charge in [-0.3, -0.25) is 4.57 Å². The fourth-order valence-electron chi connectivity index (χ4n) is 1.92. The first-order valence-electron chi connectivity index (χ1n) is 5.86. The van der Waals surface area contributed by atoms with Gasteiger partial charge in [-0.05, 0) is 24.1 Å². The molecule has 5 N–H and O–H groups in total. The maximum absolute atomic E-state index is 9.45. The topological polar surface area (TPSA) is 109 Å². The van der Waals surface area contributed by atoms with Gasteiger partial charge in [-0.15, -0.1) is 10.2 Å². The molecule has 0 fully saturated rings. The average Bonchev–Trinajstić information content (AvgIpc) is 2.75. The standard InChI is InChI=1S/C12H17N5O2/c1-14-12-16-15-11(17(12)2)8(13)5-7-3-4-9(18)10(19)6-7/h3-4,6,8,18-19H,5,13H2,1-2H3,(H,14,16).